The number of para-hydroxylation sites is 1. The SMILES string of the molecule is Cc1c[nH]c2ncnc(N3CCN(C(=NC#N)Nc4ccccc4)C(C)C3)c12. The van der Waals surface area contributed by atoms with Gasteiger partial charge in [0.05, 0.1) is 5.39 Å². The number of nitrogens with zero attached hydrogens (tertiary/aromatic N) is 6. The zero-order valence-electron chi connectivity index (χ0n) is 15.9. The number of nitriles is 1. The van der Waals surface area contributed by atoms with E-state index in [2.05, 4.69) is 48.9 Å². The zero-order valence-corrected chi connectivity index (χ0v) is 15.9. The summed E-state index contributed by atoms with van der Waals surface area (Å²) in [7, 11) is 0. The van der Waals surface area contributed by atoms with Crippen molar-refractivity contribution in [2.75, 3.05) is 29.9 Å². The van der Waals surface area contributed by atoms with E-state index in [-0.39, 0.29) is 6.04 Å². The van der Waals surface area contributed by atoms with E-state index in [0.717, 1.165) is 47.7 Å². The third-order valence-corrected chi connectivity index (χ3v) is 5.03. The first kappa shape index (κ1) is 17.8. The van der Waals surface area contributed by atoms with Gasteiger partial charge in [-0.15, -0.1) is 4.99 Å². The maximum atomic E-state index is 9.15. The second kappa shape index (κ2) is 7.56. The average molecular weight is 374 g/mol. The molecule has 8 nitrogen and oxygen atoms in total. The van der Waals surface area contributed by atoms with Crippen molar-refractivity contribution < 1.29 is 0 Å². The van der Waals surface area contributed by atoms with Gasteiger partial charge >= 0.3 is 0 Å². The molecule has 0 aliphatic carbocycles. The van der Waals surface area contributed by atoms with Crippen molar-refractivity contribution in [1.82, 2.24) is 19.9 Å². The molecule has 4 rings (SSSR count). The van der Waals surface area contributed by atoms with Gasteiger partial charge in [-0.1, -0.05) is 18.2 Å². The summed E-state index contributed by atoms with van der Waals surface area (Å²) >= 11 is 0. The molecule has 8 heteroatoms. The lowest BCUT2D eigenvalue weighted by atomic mass is 10.1. The van der Waals surface area contributed by atoms with E-state index in [4.69, 9.17) is 5.26 Å². The molecule has 3 heterocycles. The number of aliphatic imine (C=N–C) groups is 1. The van der Waals surface area contributed by atoms with Crippen molar-refractivity contribution in [1.29, 1.82) is 5.26 Å². The van der Waals surface area contributed by atoms with Crippen LogP contribution in [0.3, 0.4) is 0 Å². The number of hydrogen-bond acceptors (Lipinski definition) is 5. The Morgan fingerprint density at radius 3 is 2.86 bits per heavy atom. The normalized spacial score (nSPS) is 17.6. The summed E-state index contributed by atoms with van der Waals surface area (Å²) in [5, 5.41) is 13.5. The molecule has 1 aliphatic rings. The lowest BCUT2D eigenvalue weighted by Gasteiger charge is -2.41. The summed E-state index contributed by atoms with van der Waals surface area (Å²) in [6.07, 6.45) is 5.49. The molecule has 0 spiro atoms. The lowest BCUT2D eigenvalue weighted by molar-refractivity contribution is 0.297. The number of benzene rings is 1. The third-order valence-electron chi connectivity index (χ3n) is 5.03. The van der Waals surface area contributed by atoms with E-state index in [1.165, 1.54) is 0 Å². The van der Waals surface area contributed by atoms with Crippen molar-refractivity contribution in [2.45, 2.75) is 19.9 Å². The highest BCUT2D eigenvalue weighted by Gasteiger charge is 2.28. The molecule has 28 heavy (non-hydrogen) atoms. The quantitative estimate of drug-likeness (QED) is 0.407. The summed E-state index contributed by atoms with van der Waals surface area (Å²) in [6.45, 7) is 6.48. The van der Waals surface area contributed by atoms with Crippen LogP contribution >= 0.6 is 0 Å². The van der Waals surface area contributed by atoms with E-state index < -0.39 is 0 Å². The van der Waals surface area contributed by atoms with Crippen LogP contribution < -0.4 is 10.2 Å². The van der Waals surface area contributed by atoms with Gasteiger partial charge in [0.15, 0.2) is 0 Å². The van der Waals surface area contributed by atoms with E-state index in [9.17, 15) is 0 Å². The molecule has 1 aliphatic heterocycles. The van der Waals surface area contributed by atoms with Crippen molar-refractivity contribution in [3.05, 3.63) is 48.4 Å². The molecule has 1 atom stereocenters. The summed E-state index contributed by atoms with van der Waals surface area (Å²) < 4.78 is 0. The van der Waals surface area contributed by atoms with Gasteiger partial charge in [0.1, 0.15) is 17.8 Å². The van der Waals surface area contributed by atoms with Gasteiger partial charge in [-0.3, -0.25) is 0 Å². The molecule has 1 aromatic carbocycles. The fourth-order valence-corrected chi connectivity index (χ4v) is 3.66. The average Bonchev–Trinajstić information content (AvgIpc) is 3.10. The largest absolute Gasteiger partial charge is 0.352 e. The fourth-order valence-electron chi connectivity index (χ4n) is 3.66. The minimum absolute atomic E-state index is 0.154. The van der Waals surface area contributed by atoms with Gasteiger partial charge in [0, 0.05) is 37.6 Å². The first-order valence-electron chi connectivity index (χ1n) is 9.26. The van der Waals surface area contributed by atoms with Crippen LogP contribution in [-0.2, 0) is 0 Å². The fraction of sp³-hybridized carbons (Fsp3) is 0.300. The Morgan fingerprint density at radius 2 is 2.11 bits per heavy atom. The summed E-state index contributed by atoms with van der Waals surface area (Å²) in [6, 6.07) is 9.93. The number of rotatable bonds is 2. The Balaban J connectivity index is 1.55. The number of hydrogen-bond donors (Lipinski definition) is 2. The number of H-pyrrole nitrogens is 1. The number of guanidine groups is 1. The molecule has 2 N–H and O–H groups in total. The number of anilines is 2. The van der Waals surface area contributed by atoms with Crippen LogP contribution in [0.5, 0.6) is 0 Å². The number of piperazine rings is 1. The molecular formula is C20H22N8. The van der Waals surface area contributed by atoms with Gasteiger partial charge in [0.2, 0.25) is 12.2 Å². The number of aromatic nitrogens is 3. The lowest BCUT2D eigenvalue weighted by Crippen LogP contribution is -2.56. The monoisotopic (exact) mass is 374 g/mol. The van der Waals surface area contributed by atoms with E-state index in [0.29, 0.717) is 5.96 Å². The Labute approximate surface area is 163 Å². The highest BCUT2D eigenvalue weighted by molar-refractivity contribution is 5.95. The molecular weight excluding hydrogens is 352 g/mol. The first-order valence-corrected chi connectivity index (χ1v) is 9.26. The third kappa shape index (κ3) is 3.34. The Bertz CT molecular complexity index is 1030. The molecule has 1 unspecified atom stereocenters. The van der Waals surface area contributed by atoms with Crippen molar-refractivity contribution in [3.8, 4) is 6.19 Å². The van der Waals surface area contributed by atoms with Crippen LogP contribution in [0.2, 0.25) is 0 Å². The van der Waals surface area contributed by atoms with Crippen LogP contribution in [-0.4, -0.2) is 51.5 Å². The summed E-state index contributed by atoms with van der Waals surface area (Å²) in [4.78, 5) is 20.5. The first-order chi connectivity index (χ1) is 13.7. The van der Waals surface area contributed by atoms with Gasteiger partial charge in [-0.05, 0) is 31.5 Å². The zero-order chi connectivity index (χ0) is 19.5. The maximum Gasteiger partial charge on any atom is 0.214 e. The molecule has 0 bridgehead atoms. The molecule has 142 valence electrons. The van der Waals surface area contributed by atoms with Gasteiger partial charge in [-0.2, -0.15) is 5.26 Å². The summed E-state index contributed by atoms with van der Waals surface area (Å²) in [5.41, 5.74) is 2.90. The molecule has 1 saturated heterocycles. The van der Waals surface area contributed by atoms with Gasteiger partial charge < -0.3 is 20.1 Å². The second-order valence-electron chi connectivity index (χ2n) is 6.91. The molecule has 3 aromatic rings. The standard InChI is InChI=1S/C20H22N8/c1-14-10-22-18-17(14)19(25-13-24-18)27-8-9-28(15(2)11-27)20(23-12-21)26-16-6-4-3-5-7-16/h3-7,10,13,15H,8-9,11H2,1-2H3,(H,23,26)(H,22,24,25). The minimum Gasteiger partial charge on any atom is -0.352 e. The molecule has 2 aromatic heterocycles. The predicted molar refractivity (Wildman–Crippen MR) is 110 cm³/mol. The number of aromatic amines is 1. The van der Waals surface area contributed by atoms with Crippen LogP contribution in [0, 0.1) is 18.4 Å². The van der Waals surface area contributed by atoms with Crippen LogP contribution in [0.25, 0.3) is 11.0 Å². The van der Waals surface area contributed by atoms with Crippen LogP contribution in [0.15, 0.2) is 47.8 Å². The van der Waals surface area contributed by atoms with E-state index in [1.807, 2.05) is 42.7 Å². The number of nitrogens with one attached hydrogen (secondary N) is 2. The topological polar surface area (TPSA) is 96.2 Å². The van der Waals surface area contributed by atoms with Gasteiger partial charge in [0.25, 0.3) is 0 Å². The molecule has 0 radical (unpaired) electrons. The molecule has 0 amide bonds. The highest BCUT2D eigenvalue weighted by Crippen LogP contribution is 2.27. The van der Waals surface area contributed by atoms with Crippen molar-refractivity contribution >= 4 is 28.5 Å². The van der Waals surface area contributed by atoms with Crippen molar-refractivity contribution in [3.63, 3.8) is 0 Å². The van der Waals surface area contributed by atoms with E-state index >= 15 is 0 Å². The number of fused-ring (bicyclic) bond motifs is 1. The van der Waals surface area contributed by atoms with Crippen LogP contribution in [0.1, 0.15) is 12.5 Å². The Kier molecular flexibility index (Phi) is 4.81. The molecule has 0 saturated carbocycles. The highest BCUT2D eigenvalue weighted by atomic mass is 15.4. The maximum absolute atomic E-state index is 9.15. The predicted octanol–water partition coefficient (Wildman–Crippen LogP) is 2.73. The number of aryl methyl sites for hydroxylation is 1. The van der Waals surface area contributed by atoms with Crippen LogP contribution in [0.4, 0.5) is 11.5 Å². The smallest absolute Gasteiger partial charge is 0.214 e. The Hall–Kier alpha value is -3.60. The molecule has 1 fully saturated rings. The van der Waals surface area contributed by atoms with Crippen molar-refractivity contribution in [2.24, 2.45) is 4.99 Å². The Morgan fingerprint density at radius 1 is 1.29 bits per heavy atom. The van der Waals surface area contributed by atoms with Gasteiger partial charge in [-0.25, -0.2) is 9.97 Å². The second-order valence-corrected chi connectivity index (χ2v) is 6.91. The minimum atomic E-state index is 0.154. The summed E-state index contributed by atoms with van der Waals surface area (Å²) in [5.74, 6) is 1.52. The van der Waals surface area contributed by atoms with E-state index in [1.54, 1.807) is 6.33 Å².